The van der Waals surface area contributed by atoms with Crippen molar-refractivity contribution >= 4 is 23.2 Å². The minimum absolute atomic E-state index is 0.0153. The summed E-state index contributed by atoms with van der Waals surface area (Å²) in [4.78, 5) is 28.6. The lowest BCUT2D eigenvalue weighted by atomic mass is 10.1. The first-order chi connectivity index (χ1) is 12.6. The van der Waals surface area contributed by atoms with Gasteiger partial charge in [-0.1, -0.05) is 18.2 Å². The average molecular weight is 351 g/mol. The van der Waals surface area contributed by atoms with Gasteiger partial charge in [-0.15, -0.1) is 0 Å². The van der Waals surface area contributed by atoms with Gasteiger partial charge in [0.2, 0.25) is 5.91 Å². The molecule has 1 aliphatic heterocycles. The molecule has 0 saturated carbocycles. The molecule has 0 fully saturated rings. The summed E-state index contributed by atoms with van der Waals surface area (Å²) in [6.07, 6.45) is 0.978. The summed E-state index contributed by atoms with van der Waals surface area (Å²) in [5.74, 6) is -0.0360. The molecule has 1 aliphatic rings. The molecule has 0 spiro atoms. The smallest absolute Gasteiger partial charge is 0.253 e. The molecule has 2 aromatic carbocycles. The Morgan fingerprint density at radius 3 is 2.42 bits per heavy atom. The zero-order valence-electron chi connectivity index (χ0n) is 15.4. The molecule has 0 aromatic heterocycles. The maximum absolute atomic E-state index is 12.4. The number of nitrogens with one attached hydrogen (secondary N) is 1. The molecule has 0 unspecified atom stereocenters. The summed E-state index contributed by atoms with van der Waals surface area (Å²) < 4.78 is 0. The summed E-state index contributed by atoms with van der Waals surface area (Å²) in [6, 6.07) is 15.3. The third-order valence-electron chi connectivity index (χ3n) is 4.78. The second-order valence-electron chi connectivity index (χ2n) is 6.40. The second-order valence-corrected chi connectivity index (χ2v) is 6.40. The molecule has 1 heterocycles. The Balaban J connectivity index is 1.59. The largest absolute Gasteiger partial charge is 0.362 e. The highest BCUT2D eigenvalue weighted by molar-refractivity contribution is 5.97. The van der Waals surface area contributed by atoms with E-state index in [1.807, 2.05) is 26.0 Å². The van der Waals surface area contributed by atoms with Crippen molar-refractivity contribution in [3.8, 4) is 0 Å². The normalized spacial score (nSPS) is 12.6. The number of carbonyl (C=O) groups excluding carboxylic acids is 2. The minimum Gasteiger partial charge on any atom is -0.362 e. The fraction of sp³-hybridized carbons (Fsp3) is 0.333. The lowest BCUT2D eigenvalue weighted by Gasteiger charge is -2.19. The second kappa shape index (κ2) is 8.04. The van der Waals surface area contributed by atoms with Crippen LogP contribution in [0.2, 0.25) is 0 Å². The van der Waals surface area contributed by atoms with E-state index in [2.05, 4.69) is 22.3 Å². The maximum atomic E-state index is 12.4. The van der Waals surface area contributed by atoms with E-state index in [0.717, 1.165) is 18.7 Å². The Bertz CT molecular complexity index is 782. The first-order valence-corrected chi connectivity index (χ1v) is 9.14. The van der Waals surface area contributed by atoms with E-state index in [-0.39, 0.29) is 11.8 Å². The van der Waals surface area contributed by atoms with Crippen LogP contribution in [-0.2, 0) is 11.2 Å². The van der Waals surface area contributed by atoms with Gasteiger partial charge in [0.25, 0.3) is 5.91 Å². The van der Waals surface area contributed by atoms with E-state index in [4.69, 9.17) is 0 Å². The lowest BCUT2D eigenvalue weighted by molar-refractivity contribution is -0.115. The van der Waals surface area contributed by atoms with Gasteiger partial charge in [0.1, 0.15) is 0 Å². The summed E-state index contributed by atoms with van der Waals surface area (Å²) in [6.45, 7) is 6.50. The molecule has 2 aromatic rings. The van der Waals surface area contributed by atoms with Crippen LogP contribution >= 0.6 is 0 Å². The molecule has 0 bridgehead atoms. The van der Waals surface area contributed by atoms with Gasteiger partial charge in [0.05, 0.1) is 6.54 Å². The fourth-order valence-corrected chi connectivity index (χ4v) is 3.33. The van der Waals surface area contributed by atoms with Gasteiger partial charge in [0, 0.05) is 36.6 Å². The Labute approximate surface area is 154 Å². The minimum atomic E-state index is -0.0514. The topological polar surface area (TPSA) is 52.7 Å². The molecule has 3 rings (SSSR count). The van der Waals surface area contributed by atoms with Crippen LogP contribution in [0.15, 0.2) is 48.5 Å². The van der Waals surface area contributed by atoms with Gasteiger partial charge >= 0.3 is 0 Å². The molecule has 0 radical (unpaired) electrons. The summed E-state index contributed by atoms with van der Waals surface area (Å²) in [7, 11) is 0. The van der Waals surface area contributed by atoms with Gasteiger partial charge in [-0.25, -0.2) is 0 Å². The van der Waals surface area contributed by atoms with E-state index in [1.165, 1.54) is 5.56 Å². The van der Waals surface area contributed by atoms with Crippen LogP contribution in [0, 0.1) is 0 Å². The van der Waals surface area contributed by atoms with Gasteiger partial charge in [0.15, 0.2) is 0 Å². The number of rotatable bonds is 6. The summed E-state index contributed by atoms with van der Waals surface area (Å²) in [5.41, 5.74) is 3.78. The summed E-state index contributed by atoms with van der Waals surface area (Å²) in [5, 5.41) is 2.92. The van der Waals surface area contributed by atoms with Crippen molar-refractivity contribution in [2.45, 2.75) is 20.3 Å². The van der Waals surface area contributed by atoms with E-state index < -0.39 is 0 Å². The maximum Gasteiger partial charge on any atom is 0.253 e. The number of anilines is 2. The predicted octanol–water partition coefficient (Wildman–Crippen LogP) is 3.17. The molecule has 26 heavy (non-hydrogen) atoms. The van der Waals surface area contributed by atoms with Gasteiger partial charge in [-0.3, -0.25) is 9.59 Å². The number of para-hydroxylation sites is 1. The van der Waals surface area contributed by atoms with Crippen LogP contribution in [0.25, 0.3) is 0 Å². The van der Waals surface area contributed by atoms with Gasteiger partial charge in [-0.05, 0) is 56.2 Å². The number of hydrogen-bond donors (Lipinski definition) is 1. The molecule has 136 valence electrons. The Morgan fingerprint density at radius 2 is 1.73 bits per heavy atom. The third kappa shape index (κ3) is 3.87. The van der Waals surface area contributed by atoms with Crippen LogP contribution in [0.1, 0.15) is 29.8 Å². The number of fused-ring (bicyclic) bond motifs is 1. The van der Waals surface area contributed by atoms with Crippen molar-refractivity contribution in [2.75, 3.05) is 36.4 Å². The Morgan fingerprint density at radius 1 is 1.04 bits per heavy atom. The predicted molar refractivity (Wildman–Crippen MR) is 105 cm³/mol. The number of hydrogen-bond acceptors (Lipinski definition) is 3. The van der Waals surface area contributed by atoms with Crippen LogP contribution < -0.4 is 10.2 Å². The molecule has 2 amide bonds. The first-order valence-electron chi connectivity index (χ1n) is 9.14. The molecule has 0 saturated heterocycles. The zero-order valence-corrected chi connectivity index (χ0v) is 15.4. The molecular formula is C21H25N3O2. The van der Waals surface area contributed by atoms with E-state index in [9.17, 15) is 9.59 Å². The third-order valence-corrected chi connectivity index (χ3v) is 4.78. The highest BCUT2D eigenvalue weighted by Gasteiger charge is 2.20. The van der Waals surface area contributed by atoms with E-state index >= 15 is 0 Å². The van der Waals surface area contributed by atoms with Crippen molar-refractivity contribution in [2.24, 2.45) is 0 Å². The Kier molecular flexibility index (Phi) is 5.56. The van der Waals surface area contributed by atoms with E-state index in [0.29, 0.717) is 30.9 Å². The quantitative estimate of drug-likeness (QED) is 0.870. The van der Waals surface area contributed by atoms with Crippen molar-refractivity contribution < 1.29 is 9.59 Å². The van der Waals surface area contributed by atoms with E-state index in [1.54, 1.807) is 29.2 Å². The van der Waals surface area contributed by atoms with Crippen molar-refractivity contribution in [1.82, 2.24) is 4.90 Å². The van der Waals surface area contributed by atoms with Crippen LogP contribution in [0.5, 0.6) is 0 Å². The van der Waals surface area contributed by atoms with Crippen molar-refractivity contribution in [3.05, 3.63) is 59.7 Å². The zero-order chi connectivity index (χ0) is 18.5. The number of carbonyl (C=O) groups is 2. The van der Waals surface area contributed by atoms with Gasteiger partial charge < -0.3 is 15.1 Å². The van der Waals surface area contributed by atoms with Crippen molar-refractivity contribution in [1.29, 1.82) is 0 Å². The number of amides is 2. The Hall–Kier alpha value is -2.82. The molecule has 0 aliphatic carbocycles. The van der Waals surface area contributed by atoms with Gasteiger partial charge in [-0.2, -0.15) is 0 Å². The highest BCUT2D eigenvalue weighted by Crippen LogP contribution is 2.27. The monoisotopic (exact) mass is 351 g/mol. The fourth-order valence-electron chi connectivity index (χ4n) is 3.33. The van der Waals surface area contributed by atoms with Crippen LogP contribution in [0.4, 0.5) is 11.4 Å². The molecule has 0 atom stereocenters. The molecule has 5 nitrogen and oxygen atoms in total. The number of nitrogens with zero attached hydrogens (tertiary/aromatic N) is 2. The van der Waals surface area contributed by atoms with Crippen LogP contribution in [-0.4, -0.2) is 42.9 Å². The van der Waals surface area contributed by atoms with Crippen molar-refractivity contribution in [3.63, 3.8) is 0 Å². The average Bonchev–Trinajstić information content (AvgIpc) is 3.06. The number of benzene rings is 2. The molecule has 1 N–H and O–H groups in total. The standard InChI is InChI=1S/C21H25N3O2/c1-3-23(4-2)21(26)17-9-11-18(12-10-17)22-20(25)15-24-14-13-16-7-5-6-8-19(16)24/h5-12H,3-4,13-15H2,1-2H3,(H,22,25). The lowest BCUT2D eigenvalue weighted by Crippen LogP contribution is -2.32. The summed E-state index contributed by atoms with van der Waals surface area (Å²) >= 11 is 0. The van der Waals surface area contributed by atoms with Crippen LogP contribution in [0.3, 0.4) is 0 Å². The highest BCUT2D eigenvalue weighted by atomic mass is 16.2. The SMILES string of the molecule is CCN(CC)C(=O)c1ccc(NC(=O)CN2CCc3ccccc32)cc1. The first kappa shape index (κ1) is 18.0. The molecular weight excluding hydrogens is 326 g/mol. The molecule has 5 heteroatoms.